The topological polar surface area (TPSA) is 71.1 Å². The third-order valence-corrected chi connectivity index (χ3v) is 3.34. The van der Waals surface area contributed by atoms with Crippen LogP contribution < -0.4 is 0 Å². The third kappa shape index (κ3) is 3.53. The Morgan fingerprint density at radius 2 is 2.32 bits per heavy atom. The predicted octanol–water partition coefficient (Wildman–Crippen LogP) is 1.57. The number of H-pyrrole nitrogens is 1. The molecule has 19 heavy (non-hydrogen) atoms. The van der Waals surface area contributed by atoms with Crippen molar-refractivity contribution in [2.45, 2.75) is 45.1 Å². The van der Waals surface area contributed by atoms with Crippen LogP contribution >= 0.6 is 0 Å². The number of ether oxygens (including phenoxy) is 1. The molecule has 1 unspecified atom stereocenters. The maximum atomic E-state index is 12.2. The normalized spacial score (nSPS) is 19.7. The summed E-state index contributed by atoms with van der Waals surface area (Å²) >= 11 is 0. The average molecular weight is 266 g/mol. The minimum atomic E-state index is -0.155. The molecule has 1 aliphatic heterocycles. The molecule has 1 fully saturated rings. The molecule has 1 aromatic rings. The Balaban J connectivity index is 1.93. The van der Waals surface area contributed by atoms with Gasteiger partial charge in [-0.25, -0.2) is 4.98 Å². The summed E-state index contributed by atoms with van der Waals surface area (Å²) in [5, 5.41) is 6.79. The van der Waals surface area contributed by atoms with Crippen molar-refractivity contribution in [1.82, 2.24) is 20.1 Å². The Labute approximate surface area is 113 Å². The van der Waals surface area contributed by atoms with Crippen molar-refractivity contribution >= 4 is 5.91 Å². The number of rotatable bonds is 4. The molecule has 6 heteroatoms. The number of aromatic nitrogens is 3. The van der Waals surface area contributed by atoms with Crippen molar-refractivity contribution in [3.05, 3.63) is 11.6 Å². The Morgan fingerprint density at radius 1 is 1.53 bits per heavy atom. The maximum absolute atomic E-state index is 12.2. The smallest absolute Gasteiger partial charge is 0.293 e. The second-order valence-corrected chi connectivity index (χ2v) is 5.37. The highest BCUT2D eigenvalue weighted by Crippen LogP contribution is 2.14. The lowest BCUT2D eigenvalue weighted by molar-refractivity contribution is -0.000395. The van der Waals surface area contributed by atoms with E-state index < -0.39 is 0 Å². The fourth-order valence-electron chi connectivity index (χ4n) is 2.14. The van der Waals surface area contributed by atoms with Crippen molar-refractivity contribution < 1.29 is 9.53 Å². The van der Waals surface area contributed by atoms with Crippen LogP contribution in [0.2, 0.25) is 0 Å². The first-order valence-corrected chi connectivity index (χ1v) is 6.87. The highest BCUT2D eigenvalue weighted by atomic mass is 16.5. The van der Waals surface area contributed by atoms with Gasteiger partial charge in [-0.1, -0.05) is 13.8 Å². The van der Waals surface area contributed by atoms with E-state index in [9.17, 15) is 4.79 Å². The molecule has 1 aliphatic rings. The van der Waals surface area contributed by atoms with Crippen LogP contribution in [0.5, 0.6) is 0 Å². The molecule has 2 heterocycles. The summed E-state index contributed by atoms with van der Waals surface area (Å²) < 4.78 is 5.64. The summed E-state index contributed by atoms with van der Waals surface area (Å²) in [6.07, 6.45) is 3.45. The van der Waals surface area contributed by atoms with Crippen molar-refractivity contribution in [3.63, 3.8) is 0 Å². The Kier molecular flexibility index (Phi) is 4.52. The van der Waals surface area contributed by atoms with Gasteiger partial charge in [-0.05, 0) is 19.3 Å². The first kappa shape index (κ1) is 14.0. The van der Waals surface area contributed by atoms with Gasteiger partial charge in [-0.2, -0.15) is 0 Å². The van der Waals surface area contributed by atoms with Crippen LogP contribution in [0.3, 0.4) is 0 Å². The van der Waals surface area contributed by atoms with E-state index in [2.05, 4.69) is 15.2 Å². The second kappa shape index (κ2) is 6.14. The van der Waals surface area contributed by atoms with Gasteiger partial charge in [0.05, 0.1) is 6.10 Å². The average Bonchev–Trinajstić information content (AvgIpc) is 2.88. The fraction of sp³-hybridized carbons (Fsp3) is 0.769. The van der Waals surface area contributed by atoms with Crippen LogP contribution in [-0.4, -0.2) is 52.3 Å². The van der Waals surface area contributed by atoms with E-state index in [4.69, 9.17) is 4.74 Å². The molecule has 1 atom stereocenters. The molecular formula is C13H22N4O2. The van der Waals surface area contributed by atoms with Gasteiger partial charge in [0, 0.05) is 26.1 Å². The third-order valence-electron chi connectivity index (χ3n) is 3.34. The van der Waals surface area contributed by atoms with Gasteiger partial charge >= 0.3 is 0 Å². The molecule has 1 aromatic heterocycles. The van der Waals surface area contributed by atoms with Gasteiger partial charge in [0.2, 0.25) is 5.82 Å². The summed E-state index contributed by atoms with van der Waals surface area (Å²) in [5.41, 5.74) is 0. The molecule has 0 spiro atoms. The number of nitrogens with zero attached hydrogens (tertiary/aromatic N) is 3. The maximum Gasteiger partial charge on any atom is 0.293 e. The fourth-order valence-corrected chi connectivity index (χ4v) is 2.14. The standard InChI is InChI=1S/C13H22N4O2/c1-9(2)11-14-12(16-15-11)13(18)17(3)8-10-6-4-5-7-19-10/h9-10H,4-8H2,1-3H3,(H,14,15,16). The lowest BCUT2D eigenvalue weighted by atomic mass is 10.1. The van der Waals surface area contributed by atoms with E-state index in [0.29, 0.717) is 6.54 Å². The van der Waals surface area contributed by atoms with E-state index in [1.54, 1.807) is 11.9 Å². The molecule has 0 aliphatic carbocycles. The molecular weight excluding hydrogens is 244 g/mol. The van der Waals surface area contributed by atoms with Crippen LogP contribution in [-0.2, 0) is 4.74 Å². The highest BCUT2D eigenvalue weighted by molar-refractivity contribution is 5.90. The van der Waals surface area contributed by atoms with Crippen molar-refractivity contribution in [1.29, 1.82) is 0 Å². The molecule has 0 saturated carbocycles. The second-order valence-electron chi connectivity index (χ2n) is 5.37. The van der Waals surface area contributed by atoms with Gasteiger partial charge in [-0.3, -0.25) is 9.89 Å². The zero-order valence-corrected chi connectivity index (χ0v) is 11.8. The zero-order chi connectivity index (χ0) is 13.8. The summed E-state index contributed by atoms with van der Waals surface area (Å²) in [5.74, 6) is 1.06. The van der Waals surface area contributed by atoms with Gasteiger partial charge in [0.1, 0.15) is 5.82 Å². The number of amides is 1. The molecule has 2 rings (SSSR count). The SMILES string of the molecule is CC(C)c1nc(C(=O)N(C)CC2CCCCO2)n[nH]1. The van der Waals surface area contributed by atoms with Crippen molar-refractivity contribution in [2.75, 3.05) is 20.2 Å². The quantitative estimate of drug-likeness (QED) is 0.898. The molecule has 0 aromatic carbocycles. The van der Waals surface area contributed by atoms with Gasteiger partial charge in [-0.15, -0.1) is 5.10 Å². The summed E-state index contributed by atoms with van der Waals surface area (Å²) in [6.45, 7) is 5.41. The van der Waals surface area contributed by atoms with Crippen LogP contribution in [0, 0.1) is 0 Å². The Bertz CT molecular complexity index is 424. The highest BCUT2D eigenvalue weighted by Gasteiger charge is 2.22. The van der Waals surface area contributed by atoms with Gasteiger partial charge < -0.3 is 9.64 Å². The number of aromatic amines is 1. The van der Waals surface area contributed by atoms with Crippen molar-refractivity contribution in [2.24, 2.45) is 0 Å². The van der Waals surface area contributed by atoms with Gasteiger partial charge in [0.15, 0.2) is 0 Å². The van der Waals surface area contributed by atoms with Crippen molar-refractivity contribution in [3.8, 4) is 0 Å². The molecule has 0 radical (unpaired) electrons. The summed E-state index contributed by atoms with van der Waals surface area (Å²) in [4.78, 5) is 18.0. The van der Waals surface area contributed by atoms with E-state index in [-0.39, 0.29) is 23.8 Å². The number of hydrogen-bond donors (Lipinski definition) is 1. The van der Waals surface area contributed by atoms with E-state index >= 15 is 0 Å². The van der Waals surface area contributed by atoms with Crippen LogP contribution in [0.15, 0.2) is 0 Å². The number of hydrogen-bond acceptors (Lipinski definition) is 4. The molecule has 6 nitrogen and oxygen atoms in total. The van der Waals surface area contributed by atoms with Crippen LogP contribution in [0.25, 0.3) is 0 Å². The Morgan fingerprint density at radius 3 is 2.89 bits per heavy atom. The predicted molar refractivity (Wildman–Crippen MR) is 71.0 cm³/mol. The number of nitrogens with one attached hydrogen (secondary N) is 1. The molecule has 1 saturated heterocycles. The Hall–Kier alpha value is -1.43. The summed E-state index contributed by atoms with van der Waals surface area (Å²) in [6, 6.07) is 0. The van der Waals surface area contributed by atoms with E-state index in [1.165, 1.54) is 6.42 Å². The van der Waals surface area contributed by atoms with E-state index in [1.807, 2.05) is 13.8 Å². The summed E-state index contributed by atoms with van der Waals surface area (Å²) in [7, 11) is 1.77. The largest absolute Gasteiger partial charge is 0.376 e. The first-order chi connectivity index (χ1) is 9.08. The monoisotopic (exact) mass is 266 g/mol. The van der Waals surface area contributed by atoms with E-state index in [0.717, 1.165) is 25.3 Å². The van der Waals surface area contributed by atoms with Gasteiger partial charge in [0.25, 0.3) is 5.91 Å². The minimum Gasteiger partial charge on any atom is -0.376 e. The van der Waals surface area contributed by atoms with Crippen LogP contribution in [0.4, 0.5) is 0 Å². The first-order valence-electron chi connectivity index (χ1n) is 6.87. The molecule has 1 N–H and O–H groups in total. The zero-order valence-electron chi connectivity index (χ0n) is 11.8. The number of likely N-dealkylation sites (N-methyl/N-ethyl adjacent to an activating group) is 1. The molecule has 0 bridgehead atoms. The number of carbonyl (C=O) groups is 1. The lowest BCUT2D eigenvalue weighted by Gasteiger charge is -2.26. The number of carbonyl (C=O) groups excluding carboxylic acids is 1. The van der Waals surface area contributed by atoms with Crippen LogP contribution in [0.1, 0.15) is 55.5 Å². The minimum absolute atomic E-state index is 0.145. The molecule has 106 valence electrons. The molecule has 1 amide bonds. The lowest BCUT2D eigenvalue weighted by Crippen LogP contribution is -2.37.